The summed E-state index contributed by atoms with van der Waals surface area (Å²) in [6.45, 7) is 11.4. The van der Waals surface area contributed by atoms with Gasteiger partial charge in [0.1, 0.15) is 0 Å². The van der Waals surface area contributed by atoms with E-state index in [1.165, 1.54) is 16.3 Å². The predicted octanol–water partition coefficient (Wildman–Crippen LogP) is 4.57. The van der Waals surface area contributed by atoms with Gasteiger partial charge in [-0.05, 0) is 31.7 Å². The minimum atomic E-state index is -1.91. The molecule has 0 saturated heterocycles. The molecule has 0 radical (unpaired) electrons. The van der Waals surface area contributed by atoms with Crippen LogP contribution in [0, 0.1) is 0 Å². The summed E-state index contributed by atoms with van der Waals surface area (Å²) < 4.78 is 0. The minimum Gasteiger partial charge on any atom is -0.390 e. The molecular weight excluding hydrogens is 308 g/mol. The SMILES string of the molecule is C=C1C[C@@](C)(O)CC[C@@]1(c1ccccc1)[Si](C)(C)c1ccccc1. The first kappa shape index (κ1) is 17.2. The van der Waals surface area contributed by atoms with Crippen molar-refractivity contribution in [2.75, 3.05) is 0 Å². The summed E-state index contributed by atoms with van der Waals surface area (Å²) in [6, 6.07) is 21.8. The van der Waals surface area contributed by atoms with E-state index in [2.05, 4.69) is 80.3 Å². The summed E-state index contributed by atoms with van der Waals surface area (Å²) in [5.41, 5.74) is 1.94. The van der Waals surface area contributed by atoms with E-state index in [1.807, 2.05) is 6.92 Å². The molecule has 1 N–H and O–H groups in total. The monoisotopic (exact) mass is 336 g/mol. The number of hydrogen-bond acceptors (Lipinski definition) is 1. The Morgan fingerprint density at radius 1 is 0.917 bits per heavy atom. The quantitative estimate of drug-likeness (QED) is 0.643. The summed E-state index contributed by atoms with van der Waals surface area (Å²) >= 11 is 0. The van der Waals surface area contributed by atoms with Gasteiger partial charge in [-0.15, -0.1) is 0 Å². The Labute approximate surface area is 147 Å². The van der Waals surface area contributed by atoms with E-state index in [-0.39, 0.29) is 5.04 Å². The third-order valence-electron chi connectivity index (χ3n) is 6.07. The fraction of sp³-hybridized carbons (Fsp3) is 0.364. The fourth-order valence-electron chi connectivity index (χ4n) is 4.62. The van der Waals surface area contributed by atoms with Gasteiger partial charge in [-0.1, -0.05) is 91.1 Å². The van der Waals surface area contributed by atoms with Gasteiger partial charge >= 0.3 is 0 Å². The molecule has 2 heteroatoms. The van der Waals surface area contributed by atoms with Crippen molar-refractivity contribution in [3.8, 4) is 0 Å². The molecular formula is C22H28OSi. The zero-order chi connectivity index (χ0) is 17.4. The topological polar surface area (TPSA) is 20.2 Å². The zero-order valence-electron chi connectivity index (χ0n) is 15.0. The molecule has 3 rings (SSSR count). The van der Waals surface area contributed by atoms with Gasteiger partial charge in [-0.25, -0.2) is 0 Å². The molecule has 0 amide bonds. The normalized spacial score (nSPS) is 27.9. The molecule has 2 aromatic rings. The van der Waals surface area contributed by atoms with Crippen LogP contribution in [0.2, 0.25) is 13.1 Å². The first-order chi connectivity index (χ1) is 11.3. The van der Waals surface area contributed by atoms with Crippen LogP contribution < -0.4 is 5.19 Å². The molecule has 126 valence electrons. The van der Waals surface area contributed by atoms with Crippen LogP contribution in [0.5, 0.6) is 0 Å². The maximum Gasteiger partial charge on any atom is 0.0957 e. The first-order valence-electron chi connectivity index (χ1n) is 8.81. The highest BCUT2D eigenvalue weighted by Gasteiger charge is 2.54. The van der Waals surface area contributed by atoms with Crippen molar-refractivity contribution in [1.29, 1.82) is 0 Å². The fourth-order valence-corrected chi connectivity index (χ4v) is 8.75. The molecule has 2 aromatic carbocycles. The second kappa shape index (κ2) is 6.02. The molecule has 1 nitrogen and oxygen atoms in total. The lowest BCUT2D eigenvalue weighted by Crippen LogP contribution is -2.63. The van der Waals surface area contributed by atoms with Gasteiger partial charge in [-0.3, -0.25) is 0 Å². The Morgan fingerprint density at radius 2 is 1.46 bits per heavy atom. The smallest absolute Gasteiger partial charge is 0.0957 e. The molecule has 1 fully saturated rings. The summed E-state index contributed by atoms with van der Waals surface area (Å²) in [7, 11) is -1.91. The molecule has 0 aliphatic heterocycles. The van der Waals surface area contributed by atoms with Crippen LogP contribution in [0.15, 0.2) is 72.8 Å². The Bertz CT molecular complexity index is 718. The molecule has 0 unspecified atom stereocenters. The summed E-state index contributed by atoms with van der Waals surface area (Å²) in [5, 5.41) is 12.0. The first-order valence-corrected chi connectivity index (χ1v) is 11.8. The number of rotatable bonds is 3. The van der Waals surface area contributed by atoms with Crippen LogP contribution in [0.25, 0.3) is 0 Å². The van der Waals surface area contributed by atoms with Crippen molar-refractivity contribution in [3.63, 3.8) is 0 Å². The summed E-state index contributed by atoms with van der Waals surface area (Å²) in [4.78, 5) is 0. The highest BCUT2D eigenvalue weighted by Crippen LogP contribution is 2.51. The molecule has 0 aromatic heterocycles. The molecule has 0 spiro atoms. The van der Waals surface area contributed by atoms with Gasteiger partial charge in [0.25, 0.3) is 0 Å². The van der Waals surface area contributed by atoms with Crippen LogP contribution in [0.3, 0.4) is 0 Å². The van der Waals surface area contributed by atoms with Gasteiger partial charge in [0, 0.05) is 5.04 Å². The third-order valence-corrected chi connectivity index (χ3v) is 10.9. The van der Waals surface area contributed by atoms with Crippen molar-refractivity contribution in [2.24, 2.45) is 0 Å². The lowest BCUT2D eigenvalue weighted by atomic mass is 9.73. The van der Waals surface area contributed by atoms with Crippen LogP contribution >= 0.6 is 0 Å². The second-order valence-electron chi connectivity index (χ2n) is 8.04. The third kappa shape index (κ3) is 2.68. The highest BCUT2D eigenvalue weighted by atomic mass is 28.3. The van der Waals surface area contributed by atoms with Crippen molar-refractivity contribution in [1.82, 2.24) is 0 Å². The van der Waals surface area contributed by atoms with E-state index >= 15 is 0 Å². The maximum atomic E-state index is 10.6. The van der Waals surface area contributed by atoms with Crippen molar-refractivity contribution >= 4 is 13.3 Å². The molecule has 24 heavy (non-hydrogen) atoms. The standard InChI is InChI=1S/C22H28OSi/c1-18-17-21(2,23)15-16-22(18,19-11-7-5-8-12-19)24(3,4)20-13-9-6-10-14-20/h5-14,23H,1,15-17H2,2-4H3/t21-,22+/m0/s1. The Hall–Kier alpha value is -1.64. The van der Waals surface area contributed by atoms with Crippen molar-refractivity contribution in [3.05, 3.63) is 78.4 Å². The molecule has 0 bridgehead atoms. The Balaban J connectivity index is 2.19. The molecule has 1 aliphatic carbocycles. The zero-order valence-corrected chi connectivity index (χ0v) is 16.0. The maximum absolute atomic E-state index is 10.6. The summed E-state index contributed by atoms with van der Waals surface area (Å²) in [5.74, 6) is 0. The van der Waals surface area contributed by atoms with Crippen molar-refractivity contribution in [2.45, 2.75) is 49.9 Å². The number of aliphatic hydroxyl groups is 1. The van der Waals surface area contributed by atoms with Crippen LogP contribution in [0.4, 0.5) is 0 Å². The molecule has 2 atom stereocenters. The van der Waals surface area contributed by atoms with Crippen LogP contribution in [-0.2, 0) is 5.04 Å². The van der Waals surface area contributed by atoms with E-state index in [0.29, 0.717) is 6.42 Å². The van der Waals surface area contributed by atoms with Gasteiger partial charge in [0.2, 0.25) is 0 Å². The van der Waals surface area contributed by atoms with E-state index in [1.54, 1.807) is 0 Å². The summed E-state index contributed by atoms with van der Waals surface area (Å²) in [6.07, 6.45) is 2.48. The second-order valence-corrected chi connectivity index (χ2v) is 12.7. The van der Waals surface area contributed by atoms with E-state index < -0.39 is 13.7 Å². The average molecular weight is 337 g/mol. The van der Waals surface area contributed by atoms with E-state index in [9.17, 15) is 5.11 Å². The van der Waals surface area contributed by atoms with E-state index in [0.717, 1.165) is 12.8 Å². The van der Waals surface area contributed by atoms with Gasteiger partial charge in [0.05, 0.1) is 13.7 Å². The van der Waals surface area contributed by atoms with Crippen molar-refractivity contribution < 1.29 is 5.11 Å². The lowest BCUT2D eigenvalue weighted by molar-refractivity contribution is 0.0312. The Morgan fingerprint density at radius 3 is 2.00 bits per heavy atom. The van der Waals surface area contributed by atoms with E-state index in [4.69, 9.17) is 0 Å². The van der Waals surface area contributed by atoms with Gasteiger partial charge in [0.15, 0.2) is 0 Å². The largest absolute Gasteiger partial charge is 0.390 e. The molecule has 1 saturated carbocycles. The average Bonchev–Trinajstić information content (AvgIpc) is 2.56. The molecule has 1 aliphatic rings. The van der Waals surface area contributed by atoms with Gasteiger partial charge < -0.3 is 5.11 Å². The minimum absolute atomic E-state index is 0.0299. The van der Waals surface area contributed by atoms with Gasteiger partial charge in [-0.2, -0.15) is 0 Å². The highest BCUT2D eigenvalue weighted by molar-refractivity contribution is 6.92. The number of benzene rings is 2. The predicted molar refractivity (Wildman–Crippen MR) is 105 cm³/mol. The van der Waals surface area contributed by atoms with Crippen LogP contribution in [-0.4, -0.2) is 18.8 Å². The van der Waals surface area contributed by atoms with Crippen LogP contribution in [0.1, 0.15) is 31.7 Å². The Kier molecular flexibility index (Phi) is 4.31. The number of hydrogen-bond donors (Lipinski definition) is 1. The molecule has 0 heterocycles. The lowest BCUT2D eigenvalue weighted by Gasteiger charge is -2.53.